The average Bonchev–Trinajstić information content (AvgIpc) is 2.72. The lowest BCUT2D eigenvalue weighted by Gasteiger charge is -2.23. The molecule has 3 rings (SSSR count). The predicted octanol–water partition coefficient (Wildman–Crippen LogP) is 4.62. The zero-order chi connectivity index (χ0) is 19.4. The fraction of sp³-hybridized carbons (Fsp3) is 0.261. The van der Waals surface area contributed by atoms with E-state index >= 15 is 0 Å². The van der Waals surface area contributed by atoms with Crippen LogP contribution in [-0.2, 0) is 11.3 Å². The second-order valence-corrected chi connectivity index (χ2v) is 6.70. The molecule has 0 saturated heterocycles. The van der Waals surface area contributed by atoms with Crippen molar-refractivity contribution in [2.75, 3.05) is 21.3 Å². The molecule has 4 heteroatoms. The van der Waals surface area contributed by atoms with Crippen LogP contribution in [0.25, 0.3) is 10.8 Å². The van der Waals surface area contributed by atoms with Gasteiger partial charge in [-0.2, -0.15) is 0 Å². The van der Waals surface area contributed by atoms with Gasteiger partial charge in [0.15, 0.2) is 0 Å². The van der Waals surface area contributed by atoms with E-state index < -0.39 is 0 Å². The van der Waals surface area contributed by atoms with E-state index in [1.807, 2.05) is 68.6 Å². The normalized spacial score (nSPS) is 11.9. The molecule has 0 aromatic heterocycles. The van der Waals surface area contributed by atoms with Crippen molar-refractivity contribution in [2.45, 2.75) is 19.4 Å². The predicted molar refractivity (Wildman–Crippen MR) is 108 cm³/mol. The van der Waals surface area contributed by atoms with Gasteiger partial charge < -0.3 is 14.4 Å². The molecule has 27 heavy (non-hydrogen) atoms. The Kier molecular flexibility index (Phi) is 5.65. The van der Waals surface area contributed by atoms with Gasteiger partial charge in [-0.15, -0.1) is 0 Å². The molecule has 4 nitrogen and oxygen atoms in total. The van der Waals surface area contributed by atoms with Gasteiger partial charge in [0.05, 0.1) is 20.1 Å². The summed E-state index contributed by atoms with van der Waals surface area (Å²) in [6, 6.07) is 19.9. The SMILES string of the molecule is COc1ccc2cc([C@@H](C)C(=O)N(C)Cc3ccccc3OC)ccc2c1. The molecule has 0 unspecified atom stereocenters. The van der Waals surface area contributed by atoms with Gasteiger partial charge in [0, 0.05) is 19.2 Å². The fourth-order valence-electron chi connectivity index (χ4n) is 3.28. The Labute approximate surface area is 160 Å². The molecule has 3 aromatic carbocycles. The molecule has 0 aliphatic heterocycles. The largest absolute Gasteiger partial charge is 0.497 e. The molecule has 0 aliphatic rings. The molecule has 3 aromatic rings. The first-order chi connectivity index (χ1) is 13.0. The second-order valence-electron chi connectivity index (χ2n) is 6.70. The van der Waals surface area contributed by atoms with Gasteiger partial charge in [-0.05, 0) is 41.5 Å². The van der Waals surface area contributed by atoms with E-state index in [0.29, 0.717) is 6.54 Å². The number of hydrogen-bond donors (Lipinski definition) is 0. The Balaban J connectivity index is 1.78. The van der Waals surface area contributed by atoms with Crippen LogP contribution < -0.4 is 9.47 Å². The third-order valence-electron chi connectivity index (χ3n) is 4.92. The number of methoxy groups -OCH3 is 2. The summed E-state index contributed by atoms with van der Waals surface area (Å²) in [5, 5.41) is 2.19. The number of fused-ring (bicyclic) bond motifs is 1. The van der Waals surface area contributed by atoms with E-state index in [1.54, 1.807) is 19.1 Å². The third kappa shape index (κ3) is 4.05. The third-order valence-corrected chi connectivity index (χ3v) is 4.92. The van der Waals surface area contributed by atoms with E-state index in [-0.39, 0.29) is 11.8 Å². The standard InChI is InChI=1S/C23H25NO3/c1-16(17-9-10-19-14-21(26-3)12-11-18(19)13-17)23(25)24(2)15-20-7-5-6-8-22(20)27-4/h5-14,16H,15H2,1-4H3/t16-/m1/s1. The number of hydrogen-bond acceptors (Lipinski definition) is 3. The summed E-state index contributed by atoms with van der Waals surface area (Å²) < 4.78 is 10.7. The van der Waals surface area contributed by atoms with Crippen molar-refractivity contribution in [1.29, 1.82) is 0 Å². The Bertz CT molecular complexity index is 951. The van der Waals surface area contributed by atoms with Crippen LogP contribution in [0.4, 0.5) is 0 Å². The highest BCUT2D eigenvalue weighted by Crippen LogP contribution is 2.27. The lowest BCUT2D eigenvalue weighted by atomic mass is 9.96. The highest BCUT2D eigenvalue weighted by molar-refractivity contribution is 5.88. The molecular formula is C23H25NO3. The van der Waals surface area contributed by atoms with Gasteiger partial charge in [-0.25, -0.2) is 0 Å². The van der Waals surface area contributed by atoms with Crippen LogP contribution in [0.5, 0.6) is 11.5 Å². The molecule has 0 bridgehead atoms. The molecular weight excluding hydrogens is 338 g/mol. The van der Waals surface area contributed by atoms with Crippen LogP contribution in [0.3, 0.4) is 0 Å². The molecule has 0 radical (unpaired) electrons. The molecule has 140 valence electrons. The summed E-state index contributed by atoms with van der Waals surface area (Å²) in [6.07, 6.45) is 0. The summed E-state index contributed by atoms with van der Waals surface area (Å²) in [7, 11) is 5.14. The molecule has 0 spiro atoms. The van der Waals surface area contributed by atoms with Crippen molar-refractivity contribution >= 4 is 16.7 Å². The second kappa shape index (κ2) is 8.12. The number of para-hydroxylation sites is 1. The molecule has 0 N–H and O–H groups in total. The van der Waals surface area contributed by atoms with Crippen molar-refractivity contribution in [1.82, 2.24) is 4.90 Å². The van der Waals surface area contributed by atoms with Crippen molar-refractivity contribution < 1.29 is 14.3 Å². The Morgan fingerprint density at radius 2 is 1.67 bits per heavy atom. The smallest absolute Gasteiger partial charge is 0.229 e. The summed E-state index contributed by atoms with van der Waals surface area (Å²) in [6.45, 7) is 2.46. The quantitative estimate of drug-likeness (QED) is 0.641. The van der Waals surface area contributed by atoms with Crippen molar-refractivity contribution in [2.24, 2.45) is 0 Å². The van der Waals surface area contributed by atoms with Gasteiger partial charge in [0.2, 0.25) is 5.91 Å². The first-order valence-electron chi connectivity index (χ1n) is 8.98. The average molecular weight is 363 g/mol. The molecule has 1 amide bonds. The monoisotopic (exact) mass is 363 g/mol. The van der Waals surface area contributed by atoms with E-state index in [9.17, 15) is 4.79 Å². The van der Waals surface area contributed by atoms with Crippen LogP contribution in [-0.4, -0.2) is 32.1 Å². The zero-order valence-electron chi connectivity index (χ0n) is 16.2. The van der Waals surface area contributed by atoms with Gasteiger partial charge >= 0.3 is 0 Å². The van der Waals surface area contributed by atoms with Crippen LogP contribution in [0.2, 0.25) is 0 Å². The Morgan fingerprint density at radius 1 is 0.963 bits per heavy atom. The van der Waals surface area contributed by atoms with Gasteiger partial charge in [-0.1, -0.05) is 42.5 Å². The van der Waals surface area contributed by atoms with Crippen LogP contribution in [0.1, 0.15) is 24.0 Å². The topological polar surface area (TPSA) is 38.8 Å². The van der Waals surface area contributed by atoms with Crippen molar-refractivity contribution in [3.05, 3.63) is 71.8 Å². The molecule has 0 heterocycles. The molecule has 0 fully saturated rings. The first-order valence-corrected chi connectivity index (χ1v) is 8.98. The number of likely N-dealkylation sites (N-methyl/N-ethyl adjacent to an activating group) is 1. The minimum absolute atomic E-state index is 0.0776. The maximum atomic E-state index is 12.9. The molecule has 0 aliphatic carbocycles. The first kappa shape index (κ1) is 18.8. The minimum atomic E-state index is -0.226. The Morgan fingerprint density at radius 3 is 2.41 bits per heavy atom. The maximum Gasteiger partial charge on any atom is 0.229 e. The van der Waals surface area contributed by atoms with Crippen LogP contribution in [0, 0.1) is 0 Å². The summed E-state index contributed by atoms with van der Waals surface area (Å²) in [5.41, 5.74) is 2.00. The van der Waals surface area contributed by atoms with Crippen molar-refractivity contribution in [3.63, 3.8) is 0 Å². The fourth-order valence-corrected chi connectivity index (χ4v) is 3.28. The number of rotatable bonds is 6. The van der Waals surface area contributed by atoms with Crippen LogP contribution >= 0.6 is 0 Å². The van der Waals surface area contributed by atoms with E-state index in [0.717, 1.165) is 33.4 Å². The van der Waals surface area contributed by atoms with Crippen LogP contribution in [0.15, 0.2) is 60.7 Å². The zero-order valence-corrected chi connectivity index (χ0v) is 16.2. The Hall–Kier alpha value is -3.01. The maximum absolute atomic E-state index is 12.9. The lowest BCUT2D eigenvalue weighted by molar-refractivity contribution is -0.131. The minimum Gasteiger partial charge on any atom is -0.497 e. The number of carbonyl (C=O) groups excluding carboxylic acids is 1. The number of nitrogens with zero attached hydrogens (tertiary/aromatic N) is 1. The number of benzene rings is 3. The lowest BCUT2D eigenvalue weighted by Crippen LogP contribution is -2.30. The summed E-state index contributed by atoms with van der Waals surface area (Å²) in [5.74, 6) is 1.48. The number of ether oxygens (including phenoxy) is 2. The highest BCUT2D eigenvalue weighted by Gasteiger charge is 2.20. The molecule has 0 saturated carbocycles. The van der Waals surface area contributed by atoms with Gasteiger partial charge in [0.25, 0.3) is 0 Å². The van der Waals surface area contributed by atoms with Gasteiger partial charge in [-0.3, -0.25) is 4.79 Å². The van der Waals surface area contributed by atoms with Gasteiger partial charge in [0.1, 0.15) is 11.5 Å². The summed E-state index contributed by atoms with van der Waals surface area (Å²) >= 11 is 0. The number of carbonyl (C=O) groups is 1. The highest BCUT2D eigenvalue weighted by atomic mass is 16.5. The van der Waals surface area contributed by atoms with E-state index in [1.165, 1.54) is 0 Å². The molecule has 1 atom stereocenters. The summed E-state index contributed by atoms with van der Waals surface area (Å²) in [4.78, 5) is 14.7. The number of amides is 1. The van der Waals surface area contributed by atoms with Crippen molar-refractivity contribution in [3.8, 4) is 11.5 Å². The van der Waals surface area contributed by atoms with E-state index in [4.69, 9.17) is 9.47 Å². The van der Waals surface area contributed by atoms with E-state index in [2.05, 4.69) is 6.07 Å².